The number of hydrogen-bond acceptors (Lipinski definition) is 4. The Kier molecular flexibility index (Phi) is 4.94. The van der Waals surface area contributed by atoms with Crippen LogP contribution in [0.3, 0.4) is 0 Å². The number of carbonyl (C=O) groups excluding carboxylic acids is 1. The van der Waals surface area contributed by atoms with Crippen LogP contribution in [0.4, 0.5) is 0 Å². The molecule has 1 amide bonds. The summed E-state index contributed by atoms with van der Waals surface area (Å²) in [5.41, 5.74) is 3.58. The van der Waals surface area contributed by atoms with Crippen molar-refractivity contribution < 1.29 is 13.9 Å². The third-order valence-corrected chi connectivity index (χ3v) is 5.33. The zero-order chi connectivity index (χ0) is 19.7. The molecule has 0 bridgehead atoms. The highest BCUT2D eigenvalue weighted by Gasteiger charge is 2.27. The second-order valence-electron chi connectivity index (χ2n) is 7.38. The first-order valence-electron chi connectivity index (χ1n) is 9.61. The SMILES string of the molecule is Cc1cc(C)c2oc(=O)n(C3CCN(C(=O)COc4ccccc4)CC3)c2c1. The third kappa shape index (κ3) is 3.54. The first-order chi connectivity index (χ1) is 13.5. The van der Waals surface area contributed by atoms with E-state index in [0.717, 1.165) is 29.5 Å². The van der Waals surface area contributed by atoms with Crippen molar-refractivity contribution in [1.29, 1.82) is 0 Å². The molecule has 0 saturated carbocycles. The summed E-state index contributed by atoms with van der Waals surface area (Å²) in [6, 6.07) is 13.4. The average molecular weight is 380 g/mol. The second-order valence-corrected chi connectivity index (χ2v) is 7.38. The van der Waals surface area contributed by atoms with Crippen LogP contribution in [0, 0.1) is 13.8 Å². The van der Waals surface area contributed by atoms with Crippen molar-refractivity contribution >= 4 is 17.0 Å². The van der Waals surface area contributed by atoms with Gasteiger partial charge in [-0.2, -0.15) is 0 Å². The second kappa shape index (κ2) is 7.54. The van der Waals surface area contributed by atoms with E-state index in [-0.39, 0.29) is 24.3 Å². The minimum absolute atomic E-state index is 0.0293. The predicted octanol–water partition coefficient (Wildman–Crippen LogP) is 3.45. The summed E-state index contributed by atoms with van der Waals surface area (Å²) in [6.07, 6.45) is 1.44. The summed E-state index contributed by atoms with van der Waals surface area (Å²) in [4.78, 5) is 26.7. The lowest BCUT2D eigenvalue weighted by Crippen LogP contribution is -2.42. The number of nitrogens with zero attached hydrogens (tertiary/aromatic N) is 2. The van der Waals surface area contributed by atoms with Gasteiger partial charge in [-0.15, -0.1) is 0 Å². The number of piperidine rings is 1. The molecule has 0 unspecified atom stereocenters. The van der Waals surface area contributed by atoms with Gasteiger partial charge < -0.3 is 14.1 Å². The van der Waals surface area contributed by atoms with E-state index in [1.165, 1.54) is 0 Å². The Morgan fingerprint density at radius 3 is 2.57 bits per heavy atom. The molecule has 0 spiro atoms. The average Bonchev–Trinajstić information content (AvgIpc) is 3.03. The van der Waals surface area contributed by atoms with Crippen molar-refractivity contribution in [3.63, 3.8) is 0 Å². The van der Waals surface area contributed by atoms with Crippen molar-refractivity contribution in [2.24, 2.45) is 0 Å². The molecule has 0 radical (unpaired) electrons. The summed E-state index contributed by atoms with van der Waals surface area (Å²) >= 11 is 0. The first kappa shape index (κ1) is 18.3. The van der Waals surface area contributed by atoms with Gasteiger partial charge in [-0.1, -0.05) is 24.3 Å². The largest absolute Gasteiger partial charge is 0.484 e. The number of fused-ring (bicyclic) bond motifs is 1. The van der Waals surface area contributed by atoms with Crippen LogP contribution in [0.25, 0.3) is 11.1 Å². The fourth-order valence-electron chi connectivity index (χ4n) is 3.95. The number of rotatable bonds is 4. The lowest BCUT2D eigenvalue weighted by molar-refractivity contribution is -0.134. The van der Waals surface area contributed by atoms with E-state index < -0.39 is 0 Å². The van der Waals surface area contributed by atoms with Gasteiger partial charge in [-0.3, -0.25) is 9.36 Å². The van der Waals surface area contributed by atoms with Crippen LogP contribution in [-0.2, 0) is 4.79 Å². The molecule has 146 valence electrons. The fraction of sp³-hybridized carbons (Fsp3) is 0.364. The maximum absolute atomic E-state index is 12.5. The van der Waals surface area contributed by atoms with Gasteiger partial charge in [0, 0.05) is 19.1 Å². The van der Waals surface area contributed by atoms with Crippen molar-refractivity contribution in [2.45, 2.75) is 32.7 Å². The van der Waals surface area contributed by atoms with Gasteiger partial charge >= 0.3 is 5.76 Å². The zero-order valence-electron chi connectivity index (χ0n) is 16.2. The normalized spacial score (nSPS) is 15.1. The molecule has 0 aliphatic carbocycles. The quantitative estimate of drug-likeness (QED) is 0.695. The van der Waals surface area contributed by atoms with Gasteiger partial charge in [-0.05, 0) is 56.0 Å². The smallest absolute Gasteiger partial charge is 0.420 e. The molecule has 1 aromatic heterocycles. The Hall–Kier alpha value is -3.02. The molecule has 1 saturated heterocycles. The number of oxazole rings is 1. The summed E-state index contributed by atoms with van der Waals surface area (Å²) in [7, 11) is 0. The molecule has 1 aliphatic rings. The predicted molar refractivity (Wildman–Crippen MR) is 107 cm³/mol. The Bertz CT molecular complexity index is 1040. The minimum Gasteiger partial charge on any atom is -0.484 e. The van der Waals surface area contributed by atoms with Crippen molar-refractivity contribution in [2.75, 3.05) is 19.7 Å². The zero-order valence-corrected chi connectivity index (χ0v) is 16.2. The Morgan fingerprint density at radius 2 is 1.86 bits per heavy atom. The molecule has 3 aromatic rings. The van der Waals surface area contributed by atoms with Gasteiger partial charge in [0.25, 0.3) is 5.91 Å². The number of aromatic nitrogens is 1. The molecular formula is C22H24N2O4. The van der Waals surface area contributed by atoms with Crippen LogP contribution in [0.5, 0.6) is 5.75 Å². The highest BCUT2D eigenvalue weighted by atomic mass is 16.5. The third-order valence-electron chi connectivity index (χ3n) is 5.33. The number of carbonyl (C=O) groups is 1. The van der Waals surface area contributed by atoms with Crippen molar-refractivity contribution in [3.05, 3.63) is 64.1 Å². The minimum atomic E-state index is -0.319. The number of aryl methyl sites for hydroxylation is 2. The highest BCUT2D eigenvalue weighted by Crippen LogP contribution is 2.28. The van der Waals surface area contributed by atoms with Crippen molar-refractivity contribution in [1.82, 2.24) is 9.47 Å². The Labute approximate surface area is 163 Å². The summed E-state index contributed by atoms with van der Waals surface area (Å²) in [5, 5.41) is 0. The maximum atomic E-state index is 12.5. The number of benzene rings is 2. The van der Waals surface area contributed by atoms with Gasteiger partial charge in [0.15, 0.2) is 12.2 Å². The molecule has 2 heterocycles. The van der Waals surface area contributed by atoms with Crippen LogP contribution >= 0.6 is 0 Å². The van der Waals surface area contributed by atoms with E-state index in [1.54, 1.807) is 4.57 Å². The van der Waals surface area contributed by atoms with E-state index in [4.69, 9.17) is 9.15 Å². The molecule has 1 aliphatic heterocycles. The van der Waals surface area contributed by atoms with E-state index in [1.807, 2.05) is 61.2 Å². The molecule has 6 nitrogen and oxygen atoms in total. The summed E-state index contributed by atoms with van der Waals surface area (Å²) in [5.74, 6) is 0.340. The maximum Gasteiger partial charge on any atom is 0.420 e. The topological polar surface area (TPSA) is 64.7 Å². The van der Waals surface area contributed by atoms with E-state index in [2.05, 4.69) is 0 Å². The monoisotopic (exact) mass is 380 g/mol. The van der Waals surface area contributed by atoms with Crippen LogP contribution in [-0.4, -0.2) is 35.1 Å². The lowest BCUT2D eigenvalue weighted by atomic mass is 10.0. The number of hydrogen-bond donors (Lipinski definition) is 0. The van der Waals surface area contributed by atoms with Crippen LogP contribution < -0.4 is 10.5 Å². The number of ether oxygens (including phenoxy) is 1. The van der Waals surface area contributed by atoms with Gasteiger partial charge in [0.05, 0.1) is 5.52 Å². The van der Waals surface area contributed by atoms with E-state index in [9.17, 15) is 9.59 Å². The number of amides is 1. The molecule has 1 fully saturated rings. The van der Waals surface area contributed by atoms with Crippen LogP contribution in [0.15, 0.2) is 51.7 Å². The number of likely N-dealkylation sites (tertiary alicyclic amines) is 1. The summed E-state index contributed by atoms with van der Waals surface area (Å²) < 4.78 is 12.8. The molecule has 6 heteroatoms. The van der Waals surface area contributed by atoms with Gasteiger partial charge in [0.2, 0.25) is 0 Å². The Balaban J connectivity index is 1.43. The Morgan fingerprint density at radius 1 is 1.14 bits per heavy atom. The van der Waals surface area contributed by atoms with Crippen LogP contribution in [0.1, 0.15) is 30.0 Å². The summed E-state index contributed by atoms with van der Waals surface area (Å²) in [6.45, 7) is 5.21. The first-order valence-corrected chi connectivity index (χ1v) is 9.61. The molecule has 4 rings (SSSR count). The molecule has 0 atom stereocenters. The lowest BCUT2D eigenvalue weighted by Gasteiger charge is -2.32. The van der Waals surface area contributed by atoms with Crippen molar-refractivity contribution in [3.8, 4) is 5.75 Å². The van der Waals surface area contributed by atoms with Crippen LogP contribution in [0.2, 0.25) is 0 Å². The van der Waals surface area contributed by atoms with E-state index >= 15 is 0 Å². The molecular weight excluding hydrogens is 356 g/mol. The van der Waals surface area contributed by atoms with Gasteiger partial charge in [0.1, 0.15) is 5.75 Å². The standard InChI is InChI=1S/C22H24N2O4/c1-15-12-16(2)21-19(13-15)24(22(26)28-21)17-8-10-23(11-9-17)20(25)14-27-18-6-4-3-5-7-18/h3-7,12-13,17H,8-11,14H2,1-2H3. The number of para-hydroxylation sites is 1. The molecule has 28 heavy (non-hydrogen) atoms. The fourth-order valence-corrected chi connectivity index (χ4v) is 3.95. The van der Waals surface area contributed by atoms with Gasteiger partial charge in [-0.25, -0.2) is 4.79 Å². The van der Waals surface area contributed by atoms with E-state index in [0.29, 0.717) is 24.4 Å². The highest BCUT2D eigenvalue weighted by molar-refractivity contribution is 5.78. The molecule has 2 aromatic carbocycles. The molecule has 0 N–H and O–H groups in total.